The van der Waals surface area contributed by atoms with Crippen molar-refractivity contribution in [3.05, 3.63) is 0 Å². The molecule has 0 fully saturated rings. The lowest BCUT2D eigenvalue weighted by Crippen LogP contribution is -2.18. The van der Waals surface area contributed by atoms with Gasteiger partial charge in [0.05, 0.1) is 6.10 Å². The largest absolute Gasteiger partial charge is 0.396 e. The Bertz CT molecular complexity index is 168. The average molecular weight is 230 g/mol. The summed E-state index contributed by atoms with van der Waals surface area (Å²) < 4.78 is 0. The highest BCUT2D eigenvalue weighted by Crippen LogP contribution is 2.25. The molecule has 16 heavy (non-hydrogen) atoms. The third-order valence-corrected chi connectivity index (χ3v) is 3.52. The molecule has 0 aliphatic carbocycles. The van der Waals surface area contributed by atoms with Gasteiger partial charge in [-0.25, -0.2) is 0 Å². The zero-order valence-corrected chi connectivity index (χ0v) is 11.6. The highest BCUT2D eigenvalue weighted by Gasteiger charge is 2.16. The van der Waals surface area contributed by atoms with Gasteiger partial charge in [-0.1, -0.05) is 27.7 Å². The summed E-state index contributed by atoms with van der Waals surface area (Å²) in [4.78, 5) is 0. The lowest BCUT2D eigenvalue weighted by molar-refractivity contribution is 0.116. The fraction of sp³-hybridized carbons (Fsp3) is 1.00. The molecule has 0 saturated carbocycles. The Hall–Kier alpha value is -0.0800. The molecular formula is C14H30O2. The first-order chi connectivity index (χ1) is 7.36. The van der Waals surface area contributed by atoms with Crippen molar-refractivity contribution in [2.24, 2.45) is 23.7 Å². The van der Waals surface area contributed by atoms with Crippen LogP contribution in [0.1, 0.15) is 53.9 Å². The molecule has 0 aliphatic heterocycles. The first kappa shape index (κ1) is 15.9. The monoisotopic (exact) mass is 230 g/mol. The average Bonchev–Trinajstić information content (AvgIpc) is 2.16. The summed E-state index contributed by atoms with van der Waals surface area (Å²) in [6, 6.07) is 0. The summed E-state index contributed by atoms with van der Waals surface area (Å²) in [6.45, 7) is 10.9. The molecule has 0 aromatic rings. The van der Waals surface area contributed by atoms with Crippen molar-refractivity contribution in [2.45, 2.75) is 60.0 Å². The van der Waals surface area contributed by atoms with Gasteiger partial charge in [0.25, 0.3) is 0 Å². The topological polar surface area (TPSA) is 40.5 Å². The van der Waals surface area contributed by atoms with Gasteiger partial charge >= 0.3 is 0 Å². The Morgan fingerprint density at radius 2 is 1.19 bits per heavy atom. The Labute approximate surface area is 101 Å². The summed E-state index contributed by atoms with van der Waals surface area (Å²) in [5, 5.41) is 18.5. The number of rotatable bonds is 8. The van der Waals surface area contributed by atoms with Crippen LogP contribution in [0.4, 0.5) is 0 Å². The molecule has 0 spiro atoms. The van der Waals surface area contributed by atoms with E-state index in [1.54, 1.807) is 0 Å². The number of aliphatic hydroxyl groups is 2. The van der Waals surface area contributed by atoms with Crippen LogP contribution in [-0.2, 0) is 0 Å². The maximum absolute atomic E-state index is 9.45. The van der Waals surface area contributed by atoms with Crippen LogP contribution >= 0.6 is 0 Å². The molecule has 98 valence electrons. The molecule has 0 aromatic heterocycles. The van der Waals surface area contributed by atoms with Crippen molar-refractivity contribution in [3.63, 3.8) is 0 Å². The van der Waals surface area contributed by atoms with Crippen LogP contribution in [0.15, 0.2) is 0 Å². The summed E-state index contributed by atoms with van der Waals surface area (Å²) in [6.07, 6.45) is 3.19. The molecule has 0 bridgehead atoms. The van der Waals surface area contributed by atoms with E-state index < -0.39 is 0 Å². The third-order valence-electron chi connectivity index (χ3n) is 3.52. The quantitative estimate of drug-likeness (QED) is 0.673. The van der Waals surface area contributed by atoms with Crippen molar-refractivity contribution in [1.82, 2.24) is 0 Å². The van der Waals surface area contributed by atoms with E-state index in [1.807, 2.05) is 6.92 Å². The van der Waals surface area contributed by atoms with Crippen LogP contribution in [0.5, 0.6) is 0 Å². The normalized spacial score (nSPS) is 21.2. The Balaban J connectivity index is 3.81. The maximum Gasteiger partial charge on any atom is 0.0537 e. The van der Waals surface area contributed by atoms with Gasteiger partial charge in [0.1, 0.15) is 0 Å². The van der Waals surface area contributed by atoms with Gasteiger partial charge in [0, 0.05) is 6.61 Å². The van der Waals surface area contributed by atoms with Crippen LogP contribution in [-0.4, -0.2) is 22.9 Å². The SMILES string of the molecule is C[C@@H](C[C@@H](C)CO)C[C@H](C)C[C@H](C)[C@H](C)O. The first-order valence-electron chi connectivity index (χ1n) is 6.65. The zero-order chi connectivity index (χ0) is 12.7. The summed E-state index contributed by atoms with van der Waals surface area (Å²) in [7, 11) is 0. The molecule has 0 aromatic carbocycles. The van der Waals surface area contributed by atoms with Gasteiger partial charge in [-0.15, -0.1) is 0 Å². The molecule has 5 atom stereocenters. The smallest absolute Gasteiger partial charge is 0.0537 e. The second-order valence-corrected chi connectivity index (χ2v) is 5.92. The predicted octanol–water partition coefficient (Wildman–Crippen LogP) is 3.07. The van der Waals surface area contributed by atoms with Crippen LogP contribution in [0.3, 0.4) is 0 Å². The van der Waals surface area contributed by atoms with E-state index in [4.69, 9.17) is 5.11 Å². The third kappa shape index (κ3) is 7.24. The fourth-order valence-electron chi connectivity index (χ4n) is 2.47. The summed E-state index contributed by atoms with van der Waals surface area (Å²) in [5.74, 6) is 2.12. The van der Waals surface area contributed by atoms with E-state index in [2.05, 4.69) is 27.7 Å². The molecule has 0 unspecified atom stereocenters. The molecular weight excluding hydrogens is 200 g/mol. The second kappa shape index (κ2) is 8.08. The standard InChI is InChI=1S/C14H30O2/c1-10(7-12(3)9-15)6-11(2)8-13(4)14(5)16/h10-16H,6-9H2,1-5H3/t10-,11+,12-,13+,14+/m1/s1. The van der Waals surface area contributed by atoms with Crippen LogP contribution in [0.2, 0.25) is 0 Å². The highest BCUT2D eigenvalue weighted by atomic mass is 16.3. The predicted molar refractivity (Wildman–Crippen MR) is 69.3 cm³/mol. The maximum atomic E-state index is 9.45. The van der Waals surface area contributed by atoms with Gasteiger partial charge in [-0.2, -0.15) is 0 Å². The van der Waals surface area contributed by atoms with E-state index in [-0.39, 0.29) is 6.10 Å². The van der Waals surface area contributed by atoms with Crippen LogP contribution < -0.4 is 0 Å². The number of hydrogen-bond acceptors (Lipinski definition) is 2. The fourth-order valence-corrected chi connectivity index (χ4v) is 2.47. The summed E-state index contributed by atoms with van der Waals surface area (Å²) in [5.41, 5.74) is 0. The van der Waals surface area contributed by atoms with Gasteiger partial charge in [0.15, 0.2) is 0 Å². The number of hydrogen-bond donors (Lipinski definition) is 2. The molecule has 0 radical (unpaired) electrons. The van der Waals surface area contributed by atoms with Crippen LogP contribution in [0.25, 0.3) is 0 Å². The van der Waals surface area contributed by atoms with E-state index >= 15 is 0 Å². The van der Waals surface area contributed by atoms with Crippen molar-refractivity contribution in [1.29, 1.82) is 0 Å². The molecule has 0 amide bonds. The van der Waals surface area contributed by atoms with E-state index in [0.717, 1.165) is 12.8 Å². The van der Waals surface area contributed by atoms with Gasteiger partial charge < -0.3 is 10.2 Å². The Morgan fingerprint density at radius 3 is 1.62 bits per heavy atom. The first-order valence-corrected chi connectivity index (χ1v) is 6.65. The lowest BCUT2D eigenvalue weighted by atomic mass is 9.84. The van der Waals surface area contributed by atoms with Crippen molar-refractivity contribution in [2.75, 3.05) is 6.61 Å². The molecule has 0 aliphatic rings. The minimum atomic E-state index is -0.200. The lowest BCUT2D eigenvalue weighted by Gasteiger charge is -2.23. The van der Waals surface area contributed by atoms with Gasteiger partial charge in [0.2, 0.25) is 0 Å². The van der Waals surface area contributed by atoms with E-state index in [0.29, 0.717) is 30.3 Å². The Morgan fingerprint density at radius 1 is 0.750 bits per heavy atom. The van der Waals surface area contributed by atoms with Crippen molar-refractivity contribution in [3.8, 4) is 0 Å². The van der Waals surface area contributed by atoms with Crippen molar-refractivity contribution >= 4 is 0 Å². The minimum absolute atomic E-state index is 0.200. The summed E-state index contributed by atoms with van der Waals surface area (Å²) >= 11 is 0. The van der Waals surface area contributed by atoms with E-state index in [9.17, 15) is 5.11 Å². The van der Waals surface area contributed by atoms with Gasteiger partial charge in [-0.3, -0.25) is 0 Å². The number of aliphatic hydroxyl groups excluding tert-OH is 2. The van der Waals surface area contributed by atoms with E-state index in [1.165, 1.54) is 6.42 Å². The van der Waals surface area contributed by atoms with Crippen molar-refractivity contribution < 1.29 is 10.2 Å². The minimum Gasteiger partial charge on any atom is -0.396 e. The molecule has 0 rings (SSSR count). The Kier molecular flexibility index (Phi) is 8.04. The molecule has 2 heteroatoms. The highest BCUT2D eigenvalue weighted by molar-refractivity contribution is 4.67. The molecule has 0 saturated heterocycles. The van der Waals surface area contributed by atoms with Crippen LogP contribution in [0, 0.1) is 23.7 Å². The second-order valence-electron chi connectivity index (χ2n) is 5.92. The molecule has 2 N–H and O–H groups in total. The molecule has 0 heterocycles. The van der Waals surface area contributed by atoms with Gasteiger partial charge in [-0.05, 0) is 49.9 Å². The molecule has 2 nitrogen and oxygen atoms in total. The zero-order valence-electron chi connectivity index (χ0n) is 11.6.